The van der Waals surface area contributed by atoms with Crippen LogP contribution in [0.2, 0.25) is 0 Å². The summed E-state index contributed by atoms with van der Waals surface area (Å²) >= 11 is 0. The Balaban J connectivity index is 1.01. The molecule has 4 aliphatic heterocycles. The third-order valence-corrected chi connectivity index (χ3v) is 9.14. The molecule has 246 valence electrons. The van der Waals surface area contributed by atoms with E-state index in [1.807, 2.05) is 39.1 Å². The summed E-state index contributed by atoms with van der Waals surface area (Å²) in [5.41, 5.74) is 2.06. The third-order valence-electron chi connectivity index (χ3n) is 9.14. The van der Waals surface area contributed by atoms with Crippen LogP contribution in [0.3, 0.4) is 0 Å². The number of pyridine rings is 1. The molecule has 1 aromatic carbocycles. The Morgan fingerprint density at radius 2 is 1.80 bits per heavy atom. The van der Waals surface area contributed by atoms with Crippen LogP contribution >= 0.6 is 0 Å². The van der Waals surface area contributed by atoms with E-state index in [2.05, 4.69) is 27.2 Å². The first kappa shape index (κ1) is 31.8. The lowest BCUT2D eigenvalue weighted by Gasteiger charge is -2.36. The lowest BCUT2D eigenvalue weighted by atomic mass is 10.0. The molecule has 1 aromatic heterocycles. The van der Waals surface area contributed by atoms with Crippen LogP contribution in [0.1, 0.15) is 74.4 Å². The number of nitrogens with one attached hydrogen (secondary N) is 1. The number of anilines is 1. The van der Waals surface area contributed by atoms with Gasteiger partial charge in [0, 0.05) is 63.5 Å². The topological polar surface area (TPSA) is 125 Å². The van der Waals surface area contributed by atoms with Crippen molar-refractivity contribution in [2.75, 3.05) is 44.2 Å². The molecule has 4 aliphatic rings. The van der Waals surface area contributed by atoms with Gasteiger partial charge in [-0.15, -0.1) is 0 Å². The molecule has 0 bridgehead atoms. The number of imide groups is 1. The summed E-state index contributed by atoms with van der Waals surface area (Å²) in [7, 11) is 0. The Bertz CT molecular complexity index is 1470. The summed E-state index contributed by atoms with van der Waals surface area (Å²) in [6.07, 6.45) is 5.60. The zero-order valence-electron chi connectivity index (χ0n) is 27.0. The second-order valence-corrected chi connectivity index (χ2v) is 13.6. The van der Waals surface area contributed by atoms with Gasteiger partial charge in [0.25, 0.3) is 5.91 Å². The summed E-state index contributed by atoms with van der Waals surface area (Å²) in [6.45, 7) is 10.9. The van der Waals surface area contributed by atoms with E-state index in [-0.39, 0.29) is 30.4 Å². The van der Waals surface area contributed by atoms with E-state index in [0.717, 1.165) is 49.3 Å². The van der Waals surface area contributed by atoms with Crippen LogP contribution in [0, 0.1) is 0 Å². The highest BCUT2D eigenvalue weighted by molar-refractivity contribution is 6.05. The minimum atomic E-state index is -0.629. The molecule has 3 fully saturated rings. The maximum atomic E-state index is 13.0. The number of amides is 4. The molecular formula is C34H44N6O6. The largest absolute Gasteiger partial charge is 0.492 e. The number of carbonyl (C=O) groups is 4. The fourth-order valence-electron chi connectivity index (χ4n) is 6.67. The number of fused-ring (bicyclic) bond motifs is 1. The van der Waals surface area contributed by atoms with Crippen molar-refractivity contribution in [2.45, 2.75) is 83.6 Å². The molecule has 2 aromatic rings. The zero-order chi connectivity index (χ0) is 32.4. The number of likely N-dealkylation sites (tertiary alicyclic amines) is 1. The van der Waals surface area contributed by atoms with Crippen LogP contribution in [-0.2, 0) is 27.4 Å². The van der Waals surface area contributed by atoms with Crippen molar-refractivity contribution < 1.29 is 28.7 Å². The fraction of sp³-hybridized carbons (Fsp3) is 0.559. The number of hydrogen-bond acceptors (Lipinski definition) is 9. The van der Waals surface area contributed by atoms with Crippen LogP contribution in [0.25, 0.3) is 0 Å². The van der Waals surface area contributed by atoms with Crippen LogP contribution in [-0.4, -0.2) is 101 Å². The SMILES string of the molecule is CC(C)(C)OC(=O)N1CCN(c2ccc(CN3CCCC[C@@H]3COc3ccc4c(c3)CN(C3CCC(=O)NC3=O)C4=O)cn2)CC1. The summed E-state index contributed by atoms with van der Waals surface area (Å²) in [5, 5.41) is 2.35. The van der Waals surface area contributed by atoms with E-state index in [1.54, 1.807) is 15.9 Å². The van der Waals surface area contributed by atoms with E-state index < -0.39 is 17.6 Å². The first-order valence-electron chi connectivity index (χ1n) is 16.4. The number of nitrogens with zero attached hydrogens (tertiary/aromatic N) is 5. The molecule has 4 amide bonds. The smallest absolute Gasteiger partial charge is 0.410 e. The van der Waals surface area contributed by atoms with E-state index in [1.165, 1.54) is 0 Å². The number of aromatic nitrogens is 1. The van der Waals surface area contributed by atoms with Crippen LogP contribution in [0.4, 0.5) is 10.6 Å². The molecule has 12 heteroatoms. The highest BCUT2D eigenvalue weighted by Gasteiger charge is 2.39. The van der Waals surface area contributed by atoms with E-state index in [9.17, 15) is 19.2 Å². The molecule has 12 nitrogen and oxygen atoms in total. The Morgan fingerprint density at radius 1 is 1.00 bits per heavy atom. The lowest BCUT2D eigenvalue weighted by molar-refractivity contribution is -0.136. The van der Waals surface area contributed by atoms with E-state index >= 15 is 0 Å². The van der Waals surface area contributed by atoms with E-state index in [0.29, 0.717) is 57.1 Å². The lowest BCUT2D eigenvalue weighted by Crippen LogP contribution is -2.52. The van der Waals surface area contributed by atoms with Crippen molar-refractivity contribution in [1.82, 2.24) is 25.0 Å². The summed E-state index contributed by atoms with van der Waals surface area (Å²) < 4.78 is 11.8. The van der Waals surface area contributed by atoms with Crippen molar-refractivity contribution in [3.8, 4) is 5.75 Å². The van der Waals surface area contributed by atoms with Crippen molar-refractivity contribution in [1.29, 1.82) is 0 Å². The van der Waals surface area contributed by atoms with Gasteiger partial charge in [-0.05, 0) is 82.0 Å². The van der Waals surface area contributed by atoms with Gasteiger partial charge >= 0.3 is 6.09 Å². The highest BCUT2D eigenvalue weighted by atomic mass is 16.6. The Kier molecular flexibility index (Phi) is 9.17. The fourth-order valence-corrected chi connectivity index (χ4v) is 6.67. The normalized spacial score (nSPS) is 22.5. The van der Waals surface area contributed by atoms with Gasteiger partial charge in [-0.1, -0.05) is 12.5 Å². The number of rotatable bonds is 7. The number of piperazine rings is 1. The van der Waals surface area contributed by atoms with E-state index in [4.69, 9.17) is 14.5 Å². The van der Waals surface area contributed by atoms with Gasteiger partial charge < -0.3 is 24.2 Å². The van der Waals surface area contributed by atoms with Crippen molar-refractivity contribution in [2.24, 2.45) is 0 Å². The maximum absolute atomic E-state index is 13.0. The predicted octanol–water partition coefficient (Wildman–Crippen LogP) is 3.33. The predicted molar refractivity (Wildman–Crippen MR) is 170 cm³/mol. The van der Waals surface area contributed by atoms with Gasteiger partial charge in [0.15, 0.2) is 0 Å². The zero-order valence-corrected chi connectivity index (χ0v) is 27.0. The van der Waals surface area contributed by atoms with Gasteiger partial charge in [-0.25, -0.2) is 9.78 Å². The second kappa shape index (κ2) is 13.3. The van der Waals surface area contributed by atoms with Crippen molar-refractivity contribution >= 4 is 29.6 Å². The van der Waals surface area contributed by atoms with Gasteiger partial charge in [0.05, 0.1) is 0 Å². The summed E-state index contributed by atoms with van der Waals surface area (Å²) in [6, 6.07) is 9.34. The van der Waals surface area contributed by atoms with Gasteiger partial charge in [0.2, 0.25) is 11.8 Å². The standard InChI is InChI=1S/C34H44N6O6/c1-34(2,3)46-33(44)38-16-14-37(15-17-38)29-11-7-23(19-35-29)20-39-13-5-4-6-25(39)22-45-26-8-9-27-24(18-26)21-40(32(27)43)28-10-12-30(41)36-31(28)42/h7-9,11,18-19,25,28H,4-6,10,12-17,20-22H2,1-3H3,(H,36,41,42)/t25-,28?/m1/s1. The van der Waals surface area contributed by atoms with Gasteiger partial charge in [-0.3, -0.25) is 24.6 Å². The molecule has 0 radical (unpaired) electrons. The third kappa shape index (κ3) is 7.27. The second-order valence-electron chi connectivity index (χ2n) is 13.6. The molecule has 0 spiro atoms. The summed E-state index contributed by atoms with van der Waals surface area (Å²) in [4.78, 5) is 62.1. The maximum Gasteiger partial charge on any atom is 0.410 e. The first-order valence-corrected chi connectivity index (χ1v) is 16.4. The Morgan fingerprint density at radius 3 is 2.52 bits per heavy atom. The van der Waals surface area contributed by atoms with Crippen LogP contribution in [0.15, 0.2) is 36.5 Å². The molecule has 6 rings (SSSR count). The van der Waals surface area contributed by atoms with Crippen molar-refractivity contribution in [3.05, 3.63) is 53.2 Å². The molecule has 0 aliphatic carbocycles. The number of piperidine rings is 2. The molecule has 46 heavy (non-hydrogen) atoms. The number of benzene rings is 1. The van der Waals surface area contributed by atoms with Crippen molar-refractivity contribution in [3.63, 3.8) is 0 Å². The average molecular weight is 633 g/mol. The first-order chi connectivity index (χ1) is 22.0. The molecule has 1 N–H and O–H groups in total. The molecule has 3 saturated heterocycles. The minimum Gasteiger partial charge on any atom is -0.492 e. The Hall–Kier alpha value is -4.19. The monoisotopic (exact) mass is 632 g/mol. The Labute approximate surface area is 270 Å². The molecule has 0 saturated carbocycles. The van der Waals surface area contributed by atoms with Gasteiger partial charge in [0.1, 0.15) is 29.8 Å². The van der Waals surface area contributed by atoms with Gasteiger partial charge in [-0.2, -0.15) is 0 Å². The highest BCUT2D eigenvalue weighted by Crippen LogP contribution is 2.31. The molecular weight excluding hydrogens is 588 g/mol. The number of ether oxygens (including phenoxy) is 2. The quantitative estimate of drug-likeness (QED) is 0.458. The molecule has 2 atom stereocenters. The van der Waals surface area contributed by atoms with Crippen LogP contribution < -0.4 is 15.0 Å². The number of carbonyl (C=O) groups excluding carboxylic acids is 4. The minimum absolute atomic E-state index is 0.183. The molecule has 1 unspecified atom stereocenters. The summed E-state index contributed by atoms with van der Waals surface area (Å²) in [5.74, 6) is 0.738. The molecule has 5 heterocycles. The van der Waals surface area contributed by atoms with Crippen LogP contribution in [0.5, 0.6) is 5.75 Å². The number of hydrogen-bond donors (Lipinski definition) is 1. The average Bonchev–Trinajstić information content (AvgIpc) is 3.35.